The predicted octanol–water partition coefficient (Wildman–Crippen LogP) is 2.64. The van der Waals surface area contributed by atoms with E-state index in [0.717, 1.165) is 19.5 Å². The summed E-state index contributed by atoms with van der Waals surface area (Å²) in [5.74, 6) is 0.875. The van der Waals surface area contributed by atoms with Gasteiger partial charge < -0.3 is 4.90 Å². The van der Waals surface area contributed by atoms with Crippen LogP contribution in [0, 0.1) is 5.92 Å². The molecule has 0 aromatic rings. The first kappa shape index (κ1) is 15.1. The summed E-state index contributed by atoms with van der Waals surface area (Å²) in [4.78, 5) is 24.9. The summed E-state index contributed by atoms with van der Waals surface area (Å²) in [6, 6.07) is 0. The standard InChI is InChI=1S/C13H25NO2/c1-5-14(6-2)13(16)10-9-12(15)8-7-11(3)4/h11H,5-10H2,1-4H3. The lowest BCUT2D eigenvalue weighted by Gasteiger charge is -2.18. The van der Waals surface area contributed by atoms with Gasteiger partial charge >= 0.3 is 0 Å². The average Bonchev–Trinajstić information content (AvgIpc) is 2.25. The smallest absolute Gasteiger partial charge is 0.222 e. The van der Waals surface area contributed by atoms with Crippen LogP contribution in [0.3, 0.4) is 0 Å². The topological polar surface area (TPSA) is 37.4 Å². The third-order valence-corrected chi connectivity index (χ3v) is 2.73. The highest BCUT2D eigenvalue weighted by Gasteiger charge is 2.11. The summed E-state index contributed by atoms with van der Waals surface area (Å²) in [6.45, 7) is 9.59. The summed E-state index contributed by atoms with van der Waals surface area (Å²) < 4.78 is 0. The van der Waals surface area contributed by atoms with Crippen LogP contribution in [0.2, 0.25) is 0 Å². The van der Waals surface area contributed by atoms with Gasteiger partial charge in [-0.1, -0.05) is 13.8 Å². The molecular formula is C13H25NO2. The number of ketones is 1. The van der Waals surface area contributed by atoms with Crippen molar-refractivity contribution in [1.29, 1.82) is 0 Å². The van der Waals surface area contributed by atoms with E-state index in [4.69, 9.17) is 0 Å². The second-order valence-corrected chi connectivity index (χ2v) is 4.54. The molecule has 94 valence electrons. The highest BCUT2D eigenvalue weighted by molar-refractivity contribution is 5.84. The van der Waals surface area contributed by atoms with Gasteiger partial charge in [-0.2, -0.15) is 0 Å². The second kappa shape index (κ2) is 8.31. The third-order valence-electron chi connectivity index (χ3n) is 2.73. The predicted molar refractivity (Wildman–Crippen MR) is 66.2 cm³/mol. The Morgan fingerprint density at radius 1 is 1.00 bits per heavy atom. The number of hydrogen-bond acceptors (Lipinski definition) is 2. The van der Waals surface area contributed by atoms with E-state index >= 15 is 0 Å². The molecule has 0 atom stereocenters. The molecule has 0 unspecified atom stereocenters. The molecule has 3 heteroatoms. The second-order valence-electron chi connectivity index (χ2n) is 4.54. The Morgan fingerprint density at radius 2 is 1.56 bits per heavy atom. The van der Waals surface area contributed by atoms with E-state index in [1.54, 1.807) is 4.90 Å². The maximum Gasteiger partial charge on any atom is 0.222 e. The molecule has 16 heavy (non-hydrogen) atoms. The minimum absolute atomic E-state index is 0.0999. The first-order valence-electron chi connectivity index (χ1n) is 6.30. The molecule has 0 saturated heterocycles. The fourth-order valence-corrected chi connectivity index (χ4v) is 1.56. The number of Topliss-reactive ketones (excluding diaryl/α,β-unsaturated/α-hetero) is 1. The Balaban J connectivity index is 3.78. The molecule has 0 aliphatic carbocycles. The van der Waals surface area contributed by atoms with Crippen LogP contribution < -0.4 is 0 Å². The van der Waals surface area contributed by atoms with Gasteiger partial charge in [-0.05, 0) is 26.2 Å². The quantitative estimate of drug-likeness (QED) is 0.639. The highest BCUT2D eigenvalue weighted by atomic mass is 16.2. The molecule has 0 aliphatic rings. The molecule has 0 saturated carbocycles. The van der Waals surface area contributed by atoms with Crippen LogP contribution in [0.1, 0.15) is 53.4 Å². The van der Waals surface area contributed by atoms with Gasteiger partial charge in [0.1, 0.15) is 5.78 Å². The summed E-state index contributed by atoms with van der Waals surface area (Å²) in [5.41, 5.74) is 0. The first-order valence-corrected chi connectivity index (χ1v) is 6.30. The van der Waals surface area contributed by atoms with Gasteiger partial charge in [0.15, 0.2) is 0 Å². The van der Waals surface area contributed by atoms with Crippen LogP contribution in [0.5, 0.6) is 0 Å². The lowest BCUT2D eigenvalue weighted by molar-refractivity contribution is -0.132. The normalized spacial score (nSPS) is 10.6. The molecule has 0 heterocycles. The molecule has 1 amide bonds. The minimum atomic E-state index is 0.0999. The number of carbonyl (C=O) groups is 2. The number of nitrogens with zero attached hydrogens (tertiary/aromatic N) is 1. The van der Waals surface area contributed by atoms with Gasteiger partial charge in [0.25, 0.3) is 0 Å². The zero-order valence-electron chi connectivity index (χ0n) is 11.1. The molecule has 0 aromatic carbocycles. The number of carbonyl (C=O) groups excluding carboxylic acids is 2. The largest absolute Gasteiger partial charge is 0.343 e. The number of rotatable bonds is 8. The first-order chi connectivity index (χ1) is 7.51. The van der Waals surface area contributed by atoms with Crippen LogP contribution in [-0.2, 0) is 9.59 Å². The maximum atomic E-state index is 11.6. The van der Waals surface area contributed by atoms with E-state index < -0.39 is 0 Å². The van der Waals surface area contributed by atoms with E-state index in [0.29, 0.717) is 25.2 Å². The Bertz CT molecular complexity index is 220. The van der Waals surface area contributed by atoms with Crippen molar-refractivity contribution in [2.75, 3.05) is 13.1 Å². The van der Waals surface area contributed by atoms with Crippen molar-refractivity contribution in [2.45, 2.75) is 53.4 Å². The highest BCUT2D eigenvalue weighted by Crippen LogP contribution is 2.07. The Morgan fingerprint density at radius 3 is 2.00 bits per heavy atom. The van der Waals surface area contributed by atoms with Crippen LogP contribution in [0.25, 0.3) is 0 Å². The minimum Gasteiger partial charge on any atom is -0.343 e. The van der Waals surface area contributed by atoms with E-state index in [9.17, 15) is 9.59 Å². The van der Waals surface area contributed by atoms with Gasteiger partial charge in [-0.15, -0.1) is 0 Å². The van der Waals surface area contributed by atoms with Crippen molar-refractivity contribution in [1.82, 2.24) is 4.90 Å². The van der Waals surface area contributed by atoms with Crippen molar-refractivity contribution in [3.05, 3.63) is 0 Å². The molecule has 0 fully saturated rings. The average molecular weight is 227 g/mol. The third kappa shape index (κ3) is 6.59. The molecule has 0 spiro atoms. The van der Waals surface area contributed by atoms with Gasteiger partial charge in [0.2, 0.25) is 5.91 Å². The summed E-state index contributed by atoms with van der Waals surface area (Å²) in [7, 11) is 0. The van der Waals surface area contributed by atoms with E-state index in [2.05, 4.69) is 13.8 Å². The molecule has 0 aliphatic heterocycles. The molecule has 0 radical (unpaired) electrons. The van der Waals surface area contributed by atoms with Crippen LogP contribution in [-0.4, -0.2) is 29.7 Å². The summed E-state index contributed by atoms with van der Waals surface area (Å²) in [5, 5.41) is 0. The molecule has 0 bridgehead atoms. The van der Waals surface area contributed by atoms with E-state index in [1.807, 2.05) is 13.8 Å². The lowest BCUT2D eigenvalue weighted by Crippen LogP contribution is -2.30. The summed E-state index contributed by atoms with van der Waals surface area (Å²) in [6.07, 6.45) is 2.32. The van der Waals surface area contributed by atoms with Gasteiger partial charge in [0.05, 0.1) is 0 Å². The Kier molecular flexibility index (Phi) is 7.86. The molecule has 3 nitrogen and oxygen atoms in total. The molecular weight excluding hydrogens is 202 g/mol. The van der Waals surface area contributed by atoms with Crippen molar-refractivity contribution >= 4 is 11.7 Å². The molecule has 0 N–H and O–H groups in total. The van der Waals surface area contributed by atoms with Gasteiger partial charge in [-0.3, -0.25) is 9.59 Å². The van der Waals surface area contributed by atoms with Crippen molar-refractivity contribution < 1.29 is 9.59 Å². The van der Waals surface area contributed by atoms with Crippen molar-refractivity contribution in [2.24, 2.45) is 5.92 Å². The van der Waals surface area contributed by atoms with Gasteiger partial charge in [0, 0.05) is 32.4 Å². The summed E-state index contributed by atoms with van der Waals surface area (Å²) >= 11 is 0. The zero-order valence-corrected chi connectivity index (χ0v) is 11.1. The Hall–Kier alpha value is -0.860. The lowest BCUT2D eigenvalue weighted by atomic mass is 10.0. The SMILES string of the molecule is CCN(CC)C(=O)CCC(=O)CCC(C)C. The monoisotopic (exact) mass is 227 g/mol. The number of hydrogen-bond donors (Lipinski definition) is 0. The van der Waals surface area contributed by atoms with Crippen molar-refractivity contribution in [3.8, 4) is 0 Å². The fourth-order valence-electron chi connectivity index (χ4n) is 1.56. The Labute approximate surface area is 99.2 Å². The van der Waals surface area contributed by atoms with Crippen LogP contribution >= 0.6 is 0 Å². The van der Waals surface area contributed by atoms with Gasteiger partial charge in [-0.25, -0.2) is 0 Å². The van der Waals surface area contributed by atoms with Crippen molar-refractivity contribution in [3.63, 3.8) is 0 Å². The maximum absolute atomic E-state index is 11.6. The molecule has 0 aromatic heterocycles. The van der Waals surface area contributed by atoms with Crippen LogP contribution in [0.15, 0.2) is 0 Å². The van der Waals surface area contributed by atoms with E-state index in [-0.39, 0.29) is 11.7 Å². The van der Waals surface area contributed by atoms with Crippen LogP contribution in [0.4, 0.5) is 0 Å². The molecule has 0 rings (SSSR count). The number of amides is 1. The van der Waals surface area contributed by atoms with E-state index in [1.165, 1.54) is 0 Å². The fraction of sp³-hybridized carbons (Fsp3) is 0.846. The zero-order chi connectivity index (χ0) is 12.6.